The third kappa shape index (κ3) is 4.37. The molecule has 0 amide bonds. The first kappa shape index (κ1) is 15.1. The van der Waals surface area contributed by atoms with Crippen molar-refractivity contribution in [1.29, 1.82) is 0 Å². The summed E-state index contributed by atoms with van der Waals surface area (Å²) in [6.07, 6.45) is -0.511. The molecule has 7 heteroatoms. The average molecular weight is 312 g/mol. The Kier molecular flexibility index (Phi) is 5.72. The summed E-state index contributed by atoms with van der Waals surface area (Å²) in [7, 11) is 0. The van der Waals surface area contributed by atoms with Gasteiger partial charge in [-0.15, -0.1) is 0 Å². The lowest BCUT2D eigenvalue weighted by atomic mass is 10.3. The van der Waals surface area contributed by atoms with Crippen molar-refractivity contribution >= 4 is 46.7 Å². The summed E-state index contributed by atoms with van der Waals surface area (Å²) in [6, 6.07) is 2.75. The molecule has 0 aromatic heterocycles. The summed E-state index contributed by atoms with van der Waals surface area (Å²) < 4.78 is 9.49. The van der Waals surface area contributed by atoms with E-state index < -0.39 is 18.4 Å². The van der Waals surface area contributed by atoms with Crippen LogP contribution >= 0.6 is 34.8 Å². The molecule has 0 bridgehead atoms. The zero-order valence-corrected chi connectivity index (χ0v) is 11.6. The van der Waals surface area contributed by atoms with Crippen molar-refractivity contribution in [3.8, 4) is 5.75 Å². The first-order valence-corrected chi connectivity index (χ1v) is 6.08. The Morgan fingerprint density at radius 3 is 2.17 bits per heavy atom. The van der Waals surface area contributed by atoms with Crippen LogP contribution in [0.25, 0.3) is 0 Å². The largest absolute Gasteiger partial charge is 0.466 e. The number of ether oxygens (including phenoxy) is 2. The lowest BCUT2D eigenvalue weighted by Crippen LogP contribution is -2.16. The van der Waals surface area contributed by atoms with Gasteiger partial charge in [0, 0.05) is 5.02 Å². The minimum Gasteiger partial charge on any atom is -0.466 e. The molecule has 18 heavy (non-hydrogen) atoms. The number of carbonyl (C=O) groups excluding carboxylic acids is 2. The minimum absolute atomic E-state index is 0.0305. The normalized spacial score (nSPS) is 10.0. The number of carbonyl (C=O) groups is 2. The summed E-state index contributed by atoms with van der Waals surface area (Å²) in [5, 5.41) is 0.490. The summed E-state index contributed by atoms with van der Waals surface area (Å²) in [4.78, 5) is 22.5. The van der Waals surface area contributed by atoms with E-state index in [-0.39, 0.29) is 22.4 Å². The van der Waals surface area contributed by atoms with Gasteiger partial charge < -0.3 is 9.47 Å². The van der Waals surface area contributed by atoms with Gasteiger partial charge in [0.25, 0.3) is 0 Å². The van der Waals surface area contributed by atoms with Crippen molar-refractivity contribution < 1.29 is 19.1 Å². The van der Waals surface area contributed by atoms with Crippen LogP contribution in [0.4, 0.5) is 0 Å². The molecule has 0 N–H and O–H groups in total. The number of esters is 2. The zero-order chi connectivity index (χ0) is 13.7. The molecule has 4 nitrogen and oxygen atoms in total. The predicted octanol–water partition coefficient (Wildman–Crippen LogP) is 3.51. The first-order valence-electron chi connectivity index (χ1n) is 4.95. The Balaban J connectivity index is 2.73. The van der Waals surface area contributed by atoms with Crippen LogP contribution < -0.4 is 4.74 Å². The highest BCUT2D eigenvalue weighted by atomic mass is 35.5. The maximum Gasteiger partial charge on any atom is 0.322 e. The zero-order valence-electron chi connectivity index (χ0n) is 9.34. The molecule has 0 radical (unpaired) electrons. The lowest BCUT2D eigenvalue weighted by Gasteiger charge is -2.08. The first-order chi connectivity index (χ1) is 8.43. The van der Waals surface area contributed by atoms with Crippen LogP contribution in [0.2, 0.25) is 15.1 Å². The molecule has 0 atom stereocenters. The Morgan fingerprint density at radius 1 is 1.11 bits per heavy atom. The maximum absolute atomic E-state index is 11.4. The van der Waals surface area contributed by atoms with Gasteiger partial charge in [-0.2, -0.15) is 0 Å². The van der Waals surface area contributed by atoms with Crippen molar-refractivity contribution in [3.63, 3.8) is 0 Å². The van der Waals surface area contributed by atoms with E-state index in [0.29, 0.717) is 5.02 Å². The van der Waals surface area contributed by atoms with Crippen LogP contribution in [0.5, 0.6) is 5.75 Å². The molecule has 0 aliphatic rings. The van der Waals surface area contributed by atoms with Gasteiger partial charge in [-0.3, -0.25) is 9.59 Å². The molecular formula is C11H9Cl3O4. The third-order valence-corrected chi connectivity index (χ3v) is 2.55. The maximum atomic E-state index is 11.4. The van der Waals surface area contributed by atoms with Crippen molar-refractivity contribution in [2.75, 3.05) is 6.61 Å². The second-order valence-electron chi connectivity index (χ2n) is 3.15. The van der Waals surface area contributed by atoms with Crippen molar-refractivity contribution in [1.82, 2.24) is 0 Å². The molecule has 0 saturated heterocycles. The molecule has 0 heterocycles. The van der Waals surface area contributed by atoms with Crippen LogP contribution in [0.15, 0.2) is 12.1 Å². The fourth-order valence-corrected chi connectivity index (χ4v) is 2.00. The molecular weight excluding hydrogens is 302 g/mol. The molecule has 0 fully saturated rings. The monoisotopic (exact) mass is 310 g/mol. The average Bonchev–Trinajstić information content (AvgIpc) is 2.23. The van der Waals surface area contributed by atoms with Gasteiger partial charge in [0.05, 0.1) is 16.7 Å². The highest BCUT2D eigenvalue weighted by molar-refractivity contribution is 6.40. The summed E-state index contributed by atoms with van der Waals surface area (Å²) in [5.41, 5.74) is 0. The van der Waals surface area contributed by atoms with Gasteiger partial charge in [0.15, 0.2) is 5.75 Å². The topological polar surface area (TPSA) is 52.6 Å². The van der Waals surface area contributed by atoms with E-state index in [1.165, 1.54) is 12.1 Å². The van der Waals surface area contributed by atoms with E-state index in [0.717, 1.165) is 0 Å². The Labute approximate surface area is 119 Å². The summed E-state index contributed by atoms with van der Waals surface area (Å²) >= 11 is 17.3. The molecule has 0 unspecified atom stereocenters. The van der Waals surface area contributed by atoms with Gasteiger partial charge in [-0.05, 0) is 19.1 Å². The fraction of sp³-hybridized carbons (Fsp3) is 0.273. The molecule has 1 aromatic carbocycles. The van der Waals surface area contributed by atoms with Crippen LogP contribution in [0.1, 0.15) is 13.3 Å². The second kappa shape index (κ2) is 6.83. The molecule has 1 aromatic rings. The van der Waals surface area contributed by atoms with Gasteiger partial charge in [-0.25, -0.2) is 0 Å². The standard InChI is InChI=1S/C11H9Cl3O4/c1-2-17-9(15)5-10(16)18-11-7(13)3-6(12)4-8(11)14/h3-4H,2,5H2,1H3. The minimum atomic E-state index is -0.806. The van der Waals surface area contributed by atoms with Crippen molar-refractivity contribution in [2.24, 2.45) is 0 Å². The number of benzene rings is 1. The predicted molar refractivity (Wildman–Crippen MR) is 68.4 cm³/mol. The van der Waals surface area contributed by atoms with E-state index in [2.05, 4.69) is 4.74 Å². The van der Waals surface area contributed by atoms with Crippen molar-refractivity contribution in [3.05, 3.63) is 27.2 Å². The van der Waals surface area contributed by atoms with E-state index in [1.54, 1.807) is 6.92 Å². The molecule has 0 saturated carbocycles. The van der Waals surface area contributed by atoms with Crippen LogP contribution in [0.3, 0.4) is 0 Å². The Hall–Kier alpha value is -0.970. The molecule has 0 aliphatic heterocycles. The van der Waals surface area contributed by atoms with Gasteiger partial charge >= 0.3 is 11.9 Å². The lowest BCUT2D eigenvalue weighted by molar-refractivity contribution is -0.149. The smallest absolute Gasteiger partial charge is 0.322 e. The van der Waals surface area contributed by atoms with Crippen LogP contribution in [0, 0.1) is 0 Å². The van der Waals surface area contributed by atoms with Gasteiger partial charge in [-0.1, -0.05) is 34.8 Å². The third-order valence-electron chi connectivity index (χ3n) is 1.77. The van der Waals surface area contributed by atoms with Gasteiger partial charge in [0.1, 0.15) is 6.42 Å². The van der Waals surface area contributed by atoms with Gasteiger partial charge in [0.2, 0.25) is 0 Å². The Morgan fingerprint density at radius 2 is 1.67 bits per heavy atom. The highest BCUT2D eigenvalue weighted by Crippen LogP contribution is 2.35. The fourth-order valence-electron chi connectivity index (χ4n) is 1.11. The number of halogens is 3. The Bertz CT molecular complexity index is 450. The van der Waals surface area contributed by atoms with Crippen LogP contribution in [-0.4, -0.2) is 18.5 Å². The SMILES string of the molecule is CCOC(=O)CC(=O)Oc1c(Cl)cc(Cl)cc1Cl. The quantitative estimate of drug-likeness (QED) is 0.485. The second-order valence-corrected chi connectivity index (χ2v) is 4.41. The summed E-state index contributed by atoms with van der Waals surface area (Å²) in [6.45, 7) is 1.82. The molecule has 98 valence electrons. The molecule has 1 rings (SSSR count). The van der Waals surface area contributed by atoms with Crippen molar-refractivity contribution in [2.45, 2.75) is 13.3 Å². The molecule has 0 spiro atoms. The van der Waals surface area contributed by atoms with E-state index >= 15 is 0 Å². The number of rotatable bonds is 4. The number of hydrogen-bond acceptors (Lipinski definition) is 4. The summed E-state index contributed by atoms with van der Waals surface area (Å²) in [5.74, 6) is -1.51. The highest BCUT2D eigenvalue weighted by Gasteiger charge is 2.17. The number of hydrogen-bond donors (Lipinski definition) is 0. The van der Waals surface area contributed by atoms with E-state index in [9.17, 15) is 9.59 Å². The van der Waals surface area contributed by atoms with Crippen LogP contribution in [-0.2, 0) is 14.3 Å². The van der Waals surface area contributed by atoms with E-state index in [1.807, 2.05) is 0 Å². The van der Waals surface area contributed by atoms with E-state index in [4.69, 9.17) is 39.5 Å². The molecule has 0 aliphatic carbocycles.